The Balaban J connectivity index is 2.12. The van der Waals surface area contributed by atoms with Crippen molar-refractivity contribution in [2.45, 2.75) is 22.2 Å². The van der Waals surface area contributed by atoms with Crippen molar-refractivity contribution in [1.29, 1.82) is 0 Å². The molecule has 2 heterocycles. The molecule has 0 spiro atoms. The van der Waals surface area contributed by atoms with E-state index in [0.717, 1.165) is 19.4 Å². The molecule has 76 valence electrons. The van der Waals surface area contributed by atoms with Crippen molar-refractivity contribution < 1.29 is 4.74 Å². The van der Waals surface area contributed by atoms with E-state index >= 15 is 0 Å². The average Bonchev–Trinajstić information content (AvgIpc) is 2.18. The first kappa shape index (κ1) is 10.6. The quantitative estimate of drug-likeness (QED) is 0.740. The maximum atomic E-state index is 5.53. The molecule has 1 unspecified atom stereocenters. The summed E-state index contributed by atoms with van der Waals surface area (Å²) in [5.74, 6) is 0.547. The fraction of sp³-hybridized carbons (Fsp3) is 0.500. The van der Waals surface area contributed by atoms with Crippen LogP contribution < -0.4 is 0 Å². The Labute approximate surface area is 100 Å². The van der Waals surface area contributed by atoms with E-state index in [2.05, 4.69) is 49.0 Å². The van der Waals surface area contributed by atoms with Crippen molar-refractivity contribution in [2.75, 3.05) is 6.61 Å². The van der Waals surface area contributed by atoms with Gasteiger partial charge in [0.25, 0.3) is 0 Å². The summed E-state index contributed by atoms with van der Waals surface area (Å²) in [6, 6.07) is 4.15. The van der Waals surface area contributed by atoms with E-state index in [1.165, 1.54) is 5.56 Å². The van der Waals surface area contributed by atoms with Gasteiger partial charge >= 0.3 is 0 Å². The average molecular weight is 321 g/mol. The van der Waals surface area contributed by atoms with Gasteiger partial charge in [-0.1, -0.05) is 0 Å². The topological polar surface area (TPSA) is 22.1 Å². The lowest BCUT2D eigenvalue weighted by Gasteiger charge is -2.32. The van der Waals surface area contributed by atoms with Crippen molar-refractivity contribution >= 4 is 31.9 Å². The maximum Gasteiger partial charge on any atom is 0.178 e. The molecule has 0 N–H and O–H groups in total. The zero-order chi connectivity index (χ0) is 10.0. The monoisotopic (exact) mass is 319 g/mol. The van der Waals surface area contributed by atoms with Gasteiger partial charge in [-0.15, -0.1) is 0 Å². The van der Waals surface area contributed by atoms with Crippen molar-refractivity contribution in [2.24, 2.45) is 0 Å². The van der Waals surface area contributed by atoms with Gasteiger partial charge in [-0.2, -0.15) is 0 Å². The van der Waals surface area contributed by atoms with Crippen LogP contribution in [0.15, 0.2) is 24.5 Å². The van der Waals surface area contributed by atoms with Crippen LogP contribution in [0.2, 0.25) is 0 Å². The molecule has 0 bridgehead atoms. The second kappa shape index (κ2) is 4.29. The molecule has 0 aromatic carbocycles. The zero-order valence-corrected chi connectivity index (χ0v) is 10.8. The van der Waals surface area contributed by atoms with Crippen LogP contribution in [0.4, 0.5) is 0 Å². The standard InChI is InChI=1S/C10H11Br2NO/c11-10(12)7-9(3-6-14-10)8-1-4-13-5-2-8/h1-2,4-5,9H,3,6-7H2. The largest absolute Gasteiger partial charge is 0.354 e. The predicted molar refractivity (Wildman–Crippen MR) is 62.7 cm³/mol. The fourth-order valence-corrected chi connectivity index (χ4v) is 2.82. The Morgan fingerprint density at radius 1 is 1.36 bits per heavy atom. The summed E-state index contributed by atoms with van der Waals surface area (Å²) in [6.45, 7) is 0.781. The zero-order valence-electron chi connectivity index (χ0n) is 7.62. The molecule has 0 amide bonds. The van der Waals surface area contributed by atoms with E-state index in [0.29, 0.717) is 5.92 Å². The molecule has 0 saturated carbocycles. The highest BCUT2D eigenvalue weighted by molar-refractivity contribution is 9.25. The highest BCUT2D eigenvalue weighted by atomic mass is 79.9. The first-order valence-electron chi connectivity index (χ1n) is 4.59. The normalized spacial score (nSPS) is 26.0. The van der Waals surface area contributed by atoms with Crippen LogP contribution in [-0.4, -0.2) is 15.0 Å². The summed E-state index contributed by atoms with van der Waals surface area (Å²) in [5.41, 5.74) is 1.34. The minimum Gasteiger partial charge on any atom is -0.354 e. The minimum absolute atomic E-state index is 0.341. The van der Waals surface area contributed by atoms with Crippen molar-refractivity contribution in [3.05, 3.63) is 30.1 Å². The number of ether oxygens (including phenoxy) is 1. The van der Waals surface area contributed by atoms with Gasteiger partial charge in [-0.3, -0.25) is 4.98 Å². The third-order valence-corrected chi connectivity index (χ3v) is 3.55. The lowest BCUT2D eigenvalue weighted by atomic mass is 9.93. The van der Waals surface area contributed by atoms with E-state index in [1.54, 1.807) is 0 Å². The summed E-state index contributed by atoms with van der Waals surface area (Å²) in [5, 5.41) is 0. The highest BCUT2D eigenvalue weighted by Gasteiger charge is 2.32. The van der Waals surface area contributed by atoms with Crippen LogP contribution in [0.1, 0.15) is 24.3 Å². The van der Waals surface area contributed by atoms with Gasteiger partial charge in [0.1, 0.15) is 0 Å². The number of halogens is 2. The van der Waals surface area contributed by atoms with E-state index in [9.17, 15) is 0 Å². The molecule has 2 rings (SSSR count). The Hall–Kier alpha value is 0.0700. The van der Waals surface area contributed by atoms with E-state index in [1.807, 2.05) is 12.4 Å². The number of rotatable bonds is 1. The number of aromatic nitrogens is 1. The smallest absolute Gasteiger partial charge is 0.178 e. The Morgan fingerprint density at radius 2 is 2.07 bits per heavy atom. The van der Waals surface area contributed by atoms with Crippen LogP contribution in [0.3, 0.4) is 0 Å². The second-order valence-electron chi connectivity index (χ2n) is 3.46. The van der Waals surface area contributed by atoms with E-state index in [-0.39, 0.29) is 3.42 Å². The summed E-state index contributed by atoms with van der Waals surface area (Å²) in [4.78, 5) is 4.02. The van der Waals surface area contributed by atoms with E-state index in [4.69, 9.17) is 4.74 Å². The minimum atomic E-state index is -0.341. The first-order chi connectivity index (χ1) is 6.67. The molecule has 1 aliphatic rings. The lowest BCUT2D eigenvalue weighted by molar-refractivity contribution is 0.0488. The fourth-order valence-electron chi connectivity index (χ4n) is 1.72. The predicted octanol–water partition coefficient (Wildman–Crippen LogP) is 3.42. The lowest BCUT2D eigenvalue weighted by Crippen LogP contribution is -2.27. The van der Waals surface area contributed by atoms with Gasteiger partial charge in [-0.25, -0.2) is 0 Å². The molecular weight excluding hydrogens is 310 g/mol. The first-order valence-corrected chi connectivity index (χ1v) is 6.18. The summed E-state index contributed by atoms with van der Waals surface area (Å²) >= 11 is 7.02. The molecule has 1 aliphatic heterocycles. The molecule has 1 saturated heterocycles. The highest BCUT2D eigenvalue weighted by Crippen LogP contribution is 2.43. The van der Waals surface area contributed by atoms with Gasteiger partial charge in [-0.05, 0) is 61.9 Å². The number of alkyl halides is 2. The summed E-state index contributed by atoms with van der Waals surface area (Å²) < 4.78 is 5.19. The van der Waals surface area contributed by atoms with Crippen LogP contribution in [0.5, 0.6) is 0 Å². The van der Waals surface area contributed by atoms with E-state index < -0.39 is 0 Å². The van der Waals surface area contributed by atoms with Crippen LogP contribution in [0, 0.1) is 0 Å². The number of hydrogen-bond acceptors (Lipinski definition) is 2. The number of pyridine rings is 1. The summed E-state index contributed by atoms with van der Waals surface area (Å²) in [6.07, 6.45) is 5.70. The van der Waals surface area contributed by atoms with Gasteiger partial charge in [0.05, 0.1) is 6.61 Å². The molecule has 14 heavy (non-hydrogen) atoms. The Kier molecular flexibility index (Phi) is 3.24. The Morgan fingerprint density at radius 3 is 2.71 bits per heavy atom. The van der Waals surface area contributed by atoms with Crippen molar-refractivity contribution in [1.82, 2.24) is 4.98 Å². The van der Waals surface area contributed by atoms with Crippen LogP contribution in [-0.2, 0) is 4.74 Å². The molecular formula is C10H11Br2NO. The third-order valence-electron chi connectivity index (χ3n) is 2.44. The van der Waals surface area contributed by atoms with Gasteiger partial charge < -0.3 is 4.74 Å². The Bertz CT molecular complexity index is 302. The molecule has 1 aromatic rings. The molecule has 0 radical (unpaired) electrons. The van der Waals surface area contributed by atoms with Crippen molar-refractivity contribution in [3.63, 3.8) is 0 Å². The summed E-state index contributed by atoms with van der Waals surface area (Å²) in [7, 11) is 0. The third kappa shape index (κ3) is 2.55. The van der Waals surface area contributed by atoms with Crippen LogP contribution in [0.25, 0.3) is 0 Å². The molecule has 1 fully saturated rings. The number of hydrogen-bond donors (Lipinski definition) is 0. The maximum absolute atomic E-state index is 5.53. The van der Waals surface area contributed by atoms with Gasteiger partial charge in [0, 0.05) is 18.8 Å². The molecule has 4 heteroatoms. The number of nitrogens with zero attached hydrogens (tertiary/aromatic N) is 1. The molecule has 2 nitrogen and oxygen atoms in total. The van der Waals surface area contributed by atoms with Crippen molar-refractivity contribution in [3.8, 4) is 0 Å². The second-order valence-corrected chi connectivity index (χ2v) is 7.08. The molecule has 1 aromatic heterocycles. The van der Waals surface area contributed by atoms with Crippen LogP contribution >= 0.6 is 31.9 Å². The molecule has 1 atom stereocenters. The SMILES string of the molecule is BrC1(Br)CC(c2ccncc2)CCO1. The van der Waals surface area contributed by atoms with Gasteiger partial charge in [0.2, 0.25) is 0 Å². The molecule has 0 aliphatic carbocycles. The van der Waals surface area contributed by atoms with Gasteiger partial charge in [0.15, 0.2) is 3.42 Å².